The van der Waals surface area contributed by atoms with Crippen LogP contribution in [0, 0.1) is 0 Å². The van der Waals surface area contributed by atoms with E-state index in [1.807, 2.05) is 6.07 Å². The highest BCUT2D eigenvalue weighted by molar-refractivity contribution is 6.35. The average Bonchev–Trinajstić information content (AvgIpc) is 3.11. The summed E-state index contributed by atoms with van der Waals surface area (Å²) in [6.07, 6.45) is -0.324. The van der Waals surface area contributed by atoms with E-state index in [2.05, 4.69) is 5.43 Å². The highest BCUT2D eigenvalue weighted by Gasteiger charge is 2.45. The third-order valence-corrected chi connectivity index (χ3v) is 5.67. The summed E-state index contributed by atoms with van der Waals surface area (Å²) in [7, 11) is 0. The van der Waals surface area contributed by atoms with Crippen molar-refractivity contribution in [3.63, 3.8) is 0 Å². The minimum Gasteiger partial charge on any atom is -0.274 e. The molecule has 0 bridgehead atoms. The van der Waals surface area contributed by atoms with Crippen molar-refractivity contribution in [2.75, 3.05) is 4.90 Å². The fraction of sp³-hybridized carbons (Fsp3) is 0.120. The van der Waals surface area contributed by atoms with Crippen LogP contribution in [0.2, 0.25) is 10.0 Å². The maximum Gasteiger partial charge on any atom is 0.273 e. The number of carbonyl (C=O) groups is 4. The van der Waals surface area contributed by atoms with Gasteiger partial charge in [0.25, 0.3) is 11.8 Å². The van der Waals surface area contributed by atoms with Gasteiger partial charge in [0, 0.05) is 15.6 Å². The molecule has 0 spiro atoms. The highest BCUT2D eigenvalue weighted by atomic mass is 35.5. The van der Waals surface area contributed by atoms with Crippen LogP contribution < -0.4 is 10.3 Å². The van der Waals surface area contributed by atoms with E-state index in [1.54, 1.807) is 54.6 Å². The molecule has 1 saturated heterocycles. The van der Waals surface area contributed by atoms with Crippen molar-refractivity contribution in [3.8, 4) is 0 Å². The van der Waals surface area contributed by atoms with E-state index in [9.17, 15) is 19.2 Å². The van der Waals surface area contributed by atoms with Crippen molar-refractivity contribution in [2.24, 2.45) is 0 Å². The van der Waals surface area contributed by atoms with Gasteiger partial charge in [0.1, 0.15) is 6.04 Å². The number of benzene rings is 3. The van der Waals surface area contributed by atoms with Gasteiger partial charge in [-0.3, -0.25) is 24.6 Å². The van der Waals surface area contributed by atoms with Crippen molar-refractivity contribution in [3.05, 3.63) is 100 Å². The van der Waals surface area contributed by atoms with E-state index in [0.717, 1.165) is 15.5 Å². The van der Waals surface area contributed by atoms with Gasteiger partial charge in [-0.2, -0.15) is 0 Å². The third-order valence-electron chi connectivity index (χ3n) is 5.23. The summed E-state index contributed by atoms with van der Waals surface area (Å²) in [6.45, 7) is 0. The summed E-state index contributed by atoms with van der Waals surface area (Å²) in [5.74, 6) is -2.33. The van der Waals surface area contributed by atoms with Gasteiger partial charge < -0.3 is 0 Å². The largest absolute Gasteiger partial charge is 0.274 e. The van der Waals surface area contributed by atoms with Crippen LogP contribution in [0.4, 0.5) is 5.69 Å². The number of hydrogen-bond acceptors (Lipinski definition) is 4. The summed E-state index contributed by atoms with van der Waals surface area (Å²) >= 11 is 12.1. The fourth-order valence-electron chi connectivity index (χ4n) is 3.70. The maximum atomic E-state index is 13.3. The van der Waals surface area contributed by atoms with Gasteiger partial charge in [-0.1, -0.05) is 71.7 Å². The van der Waals surface area contributed by atoms with E-state index in [-0.39, 0.29) is 34.1 Å². The van der Waals surface area contributed by atoms with E-state index in [1.165, 1.54) is 18.2 Å². The predicted molar refractivity (Wildman–Crippen MR) is 128 cm³/mol. The van der Waals surface area contributed by atoms with Crippen LogP contribution in [0.15, 0.2) is 78.9 Å². The molecular weight excluding hydrogens is 477 g/mol. The second-order valence-corrected chi connectivity index (χ2v) is 8.53. The quantitative estimate of drug-likeness (QED) is 0.427. The zero-order chi connectivity index (χ0) is 24.2. The first-order valence-electron chi connectivity index (χ1n) is 10.4. The van der Waals surface area contributed by atoms with E-state index >= 15 is 0 Å². The number of carbonyl (C=O) groups excluding carboxylic acids is 4. The number of anilines is 1. The summed E-state index contributed by atoms with van der Waals surface area (Å²) in [4.78, 5) is 53.2. The average molecular weight is 496 g/mol. The second kappa shape index (κ2) is 10.1. The monoisotopic (exact) mass is 495 g/mol. The number of rotatable bonds is 5. The number of hydrazine groups is 1. The minimum atomic E-state index is -1.24. The molecule has 7 nitrogen and oxygen atoms in total. The minimum absolute atomic E-state index is 0.0120. The van der Waals surface area contributed by atoms with Crippen LogP contribution in [0.3, 0.4) is 0 Å². The topological polar surface area (TPSA) is 86.8 Å². The normalized spacial score (nSPS) is 15.4. The molecule has 3 aromatic carbocycles. The first-order valence-corrected chi connectivity index (χ1v) is 11.1. The van der Waals surface area contributed by atoms with Crippen LogP contribution in [0.25, 0.3) is 0 Å². The Bertz CT molecular complexity index is 1230. The van der Waals surface area contributed by atoms with Crippen LogP contribution in [-0.4, -0.2) is 34.7 Å². The maximum absolute atomic E-state index is 13.3. The van der Waals surface area contributed by atoms with Gasteiger partial charge in [0.2, 0.25) is 11.8 Å². The zero-order valence-electron chi connectivity index (χ0n) is 17.8. The van der Waals surface area contributed by atoms with Gasteiger partial charge in [0.15, 0.2) is 0 Å². The highest BCUT2D eigenvalue weighted by Crippen LogP contribution is 2.30. The molecule has 0 aromatic heterocycles. The molecule has 172 valence electrons. The predicted octanol–water partition coefficient (Wildman–Crippen LogP) is 4.04. The van der Waals surface area contributed by atoms with E-state index < -0.39 is 29.7 Å². The van der Waals surface area contributed by atoms with Gasteiger partial charge in [-0.05, 0) is 35.9 Å². The summed E-state index contributed by atoms with van der Waals surface area (Å²) in [5.41, 5.74) is 3.73. The van der Waals surface area contributed by atoms with Gasteiger partial charge in [-0.25, -0.2) is 9.91 Å². The van der Waals surface area contributed by atoms with Gasteiger partial charge >= 0.3 is 0 Å². The number of amides is 4. The lowest BCUT2D eigenvalue weighted by molar-refractivity contribution is -0.128. The Hall–Kier alpha value is -3.68. The molecule has 1 aliphatic rings. The molecule has 4 rings (SSSR count). The Morgan fingerprint density at radius 2 is 1.50 bits per heavy atom. The Morgan fingerprint density at radius 3 is 2.12 bits per heavy atom. The number of imide groups is 1. The number of hydrogen-bond donors (Lipinski definition) is 1. The standard InChI is InChI=1S/C25H19Cl2N3O4/c26-18-12-19(27)14-20(13-18)29-23(32)15-21(25(29)34)30(24(33)17-9-5-2-6-10-17)28-22(31)11-16-7-3-1-4-8-16/h1-10,12-14,21H,11,15H2,(H,28,31). The first-order chi connectivity index (χ1) is 16.3. The Kier molecular flexibility index (Phi) is 6.95. The molecule has 0 aliphatic carbocycles. The Labute approximate surface area is 205 Å². The number of nitrogens with one attached hydrogen (secondary N) is 1. The molecule has 3 aromatic rings. The molecule has 0 radical (unpaired) electrons. The molecule has 34 heavy (non-hydrogen) atoms. The van der Waals surface area contributed by atoms with Crippen molar-refractivity contribution in [1.82, 2.24) is 10.4 Å². The molecule has 1 fully saturated rings. The van der Waals surface area contributed by atoms with Crippen molar-refractivity contribution >= 4 is 52.5 Å². The molecule has 1 heterocycles. The van der Waals surface area contributed by atoms with Crippen molar-refractivity contribution < 1.29 is 19.2 Å². The summed E-state index contributed by atoms with van der Waals surface area (Å²) < 4.78 is 0. The fourth-order valence-corrected chi connectivity index (χ4v) is 4.22. The zero-order valence-corrected chi connectivity index (χ0v) is 19.3. The third kappa shape index (κ3) is 5.11. The van der Waals surface area contributed by atoms with Crippen LogP contribution in [0.1, 0.15) is 22.3 Å². The molecule has 1 N–H and O–H groups in total. The lowest BCUT2D eigenvalue weighted by atomic mass is 10.1. The van der Waals surface area contributed by atoms with E-state index in [0.29, 0.717) is 0 Å². The Balaban J connectivity index is 1.64. The molecule has 1 atom stereocenters. The van der Waals surface area contributed by atoms with Crippen molar-refractivity contribution in [2.45, 2.75) is 18.9 Å². The number of nitrogens with zero attached hydrogens (tertiary/aromatic N) is 2. The van der Waals surface area contributed by atoms with Crippen LogP contribution in [0.5, 0.6) is 0 Å². The van der Waals surface area contributed by atoms with Gasteiger partial charge in [-0.15, -0.1) is 0 Å². The summed E-state index contributed by atoms with van der Waals surface area (Å²) in [5, 5.41) is 1.44. The van der Waals surface area contributed by atoms with E-state index in [4.69, 9.17) is 23.2 Å². The molecule has 9 heteroatoms. The second-order valence-electron chi connectivity index (χ2n) is 7.65. The number of halogens is 2. The smallest absolute Gasteiger partial charge is 0.273 e. The van der Waals surface area contributed by atoms with Crippen LogP contribution >= 0.6 is 23.2 Å². The van der Waals surface area contributed by atoms with Crippen LogP contribution in [-0.2, 0) is 20.8 Å². The first kappa shape index (κ1) is 23.5. The molecule has 4 amide bonds. The SMILES string of the molecule is O=C(Cc1ccccc1)NN(C(=O)c1ccccc1)C1CC(=O)N(c2cc(Cl)cc(Cl)c2)C1=O. The van der Waals surface area contributed by atoms with Gasteiger partial charge in [0.05, 0.1) is 18.5 Å². The molecular formula is C25H19Cl2N3O4. The molecule has 0 saturated carbocycles. The molecule has 1 unspecified atom stereocenters. The lowest BCUT2D eigenvalue weighted by Gasteiger charge is -2.28. The summed E-state index contributed by atoms with van der Waals surface area (Å²) in [6, 6.07) is 20.3. The van der Waals surface area contributed by atoms with Crippen molar-refractivity contribution in [1.29, 1.82) is 0 Å². The molecule has 1 aliphatic heterocycles. The Morgan fingerprint density at radius 1 is 0.912 bits per heavy atom. The lowest BCUT2D eigenvalue weighted by Crippen LogP contribution is -2.55.